The molecule has 0 radical (unpaired) electrons. The fourth-order valence-corrected chi connectivity index (χ4v) is 0.960. The zero-order valence-electron chi connectivity index (χ0n) is 6.99. The average molecular weight is 166 g/mol. The lowest BCUT2D eigenvalue weighted by Gasteiger charge is -2.02. The molecule has 66 valence electrons. The fourth-order valence-electron chi connectivity index (χ4n) is 0.960. The predicted molar refractivity (Wildman–Crippen MR) is 48.3 cm³/mol. The summed E-state index contributed by atoms with van der Waals surface area (Å²) in [6.45, 7) is 2.20. The standard InChI is InChI=1S/C9H14N2O/c10-12-7-6-11-8-9-4-2-1-3-5-9/h1-5,11H,6-8,10H2. The van der Waals surface area contributed by atoms with E-state index in [0.717, 1.165) is 13.1 Å². The third-order valence-electron chi connectivity index (χ3n) is 1.57. The Kier molecular flexibility index (Phi) is 4.37. The summed E-state index contributed by atoms with van der Waals surface area (Å²) >= 11 is 0. The van der Waals surface area contributed by atoms with Gasteiger partial charge in [-0.05, 0) is 5.56 Å². The largest absolute Gasteiger partial charge is 0.310 e. The van der Waals surface area contributed by atoms with Crippen molar-refractivity contribution in [2.75, 3.05) is 13.2 Å². The molecular formula is C9H14N2O. The van der Waals surface area contributed by atoms with E-state index < -0.39 is 0 Å². The molecule has 0 aliphatic carbocycles. The van der Waals surface area contributed by atoms with E-state index in [1.165, 1.54) is 5.56 Å². The van der Waals surface area contributed by atoms with Gasteiger partial charge in [0.1, 0.15) is 0 Å². The quantitative estimate of drug-likeness (QED) is 0.499. The van der Waals surface area contributed by atoms with Crippen LogP contribution in [-0.4, -0.2) is 13.2 Å². The van der Waals surface area contributed by atoms with Crippen molar-refractivity contribution in [3.63, 3.8) is 0 Å². The van der Waals surface area contributed by atoms with Gasteiger partial charge in [0.25, 0.3) is 0 Å². The predicted octanol–water partition coefficient (Wildman–Crippen LogP) is 0.666. The highest BCUT2D eigenvalue weighted by Crippen LogP contribution is 1.96. The van der Waals surface area contributed by atoms with E-state index in [-0.39, 0.29) is 0 Å². The normalized spacial score (nSPS) is 10.1. The SMILES string of the molecule is NOCCNCc1ccccc1. The zero-order chi connectivity index (χ0) is 8.65. The topological polar surface area (TPSA) is 47.3 Å². The first-order valence-electron chi connectivity index (χ1n) is 4.00. The summed E-state index contributed by atoms with van der Waals surface area (Å²) in [5.74, 6) is 4.87. The lowest BCUT2D eigenvalue weighted by molar-refractivity contribution is 0.139. The number of hydrogen-bond donors (Lipinski definition) is 2. The summed E-state index contributed by atoms with van der Waals surface area (Å²) in [4.78, 5) is 4.42. The maximum absolute atomic E-state index is 4.87. The lowest BCUT2D eigenvalue weighted by Crippen LogP contribution is -2.20. The second-order valence-corrected chi connectivity index (χ2v) is 2.53. The molecule has 0 aliphatic heterocycles. The first-order chi connectivity index (χ1) is 5.93. The summed E-state index contributed by atoms with van der Waals surface area (Å²) in [6.07, 6.45) is 0. The summed E-state index contributed by atoms with van der Waals surface area (Å²) in [5.41, 5.74) is 1.27. The fraction of sp³-hybridized carbons (Fsp3) is 0.333. The van der Waals surface area contributed by atoms with Gasteiger partial charge in [-0.2, -0.15) is 0 Å². The number of hydrogen-bond acceptors (Lipinski definition) is 3. The molecule has 0 saturated carbocycles. The van der Waals surface area contributed by atoms with Gasteiger partial charge in [-0.15, -0.1) is 0 Å². The van der Waals surface area contributed by atoms with Crippen molar-refractivity contribution < 1.29 is 4.84 Å². The molecule has 3 nitrogen and oxygen atoms in total. The third kappa shape index (κ3) is 3.48. The van der Waals surface area contributed by atoms with Gasteiger partial charge in [-0.3, -0.25) is 0 Å². The molecule has 1 aromatic rings. The van der Waals surface area contributed by atoms with Crippen LogP contribution in [0.25, 0.3) is 0 Å². The molecule has 0 atom stereocenters. The van der Waals surface area contributed by atoms with Gasteiger partial charge in [0.15, 0.2) is 0 Å². The minimum Gasteiger partial charge on any atom is -0.310 e. The Morgan fingerprint density at radius 1 is 1.25 bits per heavy atom. The summed E-state index contributed by atoms with van der Waals surface area (Å²) in [7, 11) is 0. The molecule has 0 aliphatic rings. The molecule has 0 unspecified atom stereocenters. The van der Waals surface area contributed by atoms with Crippen molar-refractivity contribution >= 4 is 0 Å². The smallest absolute Gasteiger partial charge is 0.0803 e. The van der Waals surface area contributed by atoms with E-state index in [0.29, 0.717) is 6.61 Å². The Labute approximate surface area is 72.5 Å². The molecule has 0 fully saturated rings. The van der Waals surface area contributed by atoms with E-state index in [2.05, 4.69) is 22.3 Å². The third-order valence-corrected chi connectivity index (χ3v) is 1.57. The van der Waals surface area contributed by atoms with Gasteiger partial charge >= 0.3 is 0 Å². The van der Waals surface area contributed by atoms with Crippen molar-refractivity contribution in [2.24, 2.45) is 5.90 Å². The van der Waals surface area contributed by atoms with Crippen LogP contribution in [0.4, 0.5) is 0 Å². The van der Waals surface area contributed by atoms with Crippen molar-refractivity contribution in [1.29, 1.82) is 0 Å². The minimum absolute atomic E-state index is 0.548. The molecule has 3 heteroatoms. The van der Waals surface area contributed by atoms with E-state index >= 15 is 0 Å². The Hall–Kier alpha value is -0.900. The molecule has 0 aromatic heterocycles. The highest BCUT2D eigenvalue weighted by Gasteiger charge is 1.89. The van der Waals surface area contributed by atoms with Gasteiger partial charge < -0.3 is 10.2 Å². The summed E-state index contributed by atoms with van der Waals surface area (Å²) in [6, 6.07) is 10.2. The van der Waals surface area contributed by atoms with Crippen molar-refractivity contribution in [2.45, 2.75) is 6.54 Å². The average Bonchev–Trinajstić information content (AvgIpc) is 2.14. The monoisotopic (exact) mass is 166 g/mol. The molecule has 0 saturated heterocycles. The van der Waals surface area contributed by atoms with Gasteiger partial charge in [0, 0.05) is 13.1 Å². The number of nitrogens with two attached hydrogens (primary N) is 1. The van der Waals surface area contributed by atoms with Crippen LogP contribution in [0.15, 0.2) is 30.3 Å². The molecule has 1 aromatic carbocycles. The van der Waals surface area contributed by atoms with Crippen LogP contribution in [0.1, 0.15) is 5.56 Å². The Bertz CT molecular complexity index is 201. The molecule has 12 heavy (non-hydrogen) atoms. The second kappa shape index (κ2) is 5.71. The number of benzene rings is 1. The van der Waals surface area contributed by atoms with E-state index in [9.17, 15) is 0 Å². The summed E-state index contributed by atoms with van der Waals surface area (Å²) < 4.78 is 0. The van der Waals surface area contributed by atoms with Crippen molar-refractivity contribution in [3.8, 4) is 0 Å². The van der Waals surface area contributed by atoms with Gasteiger partial charge in [-0.1, -0.05) is 30.3 Å². The van der Waals surface area contributed by atoms with Crippen molar-refractivity contribution in [1.82, 2.24) is 5.32 Å². The molecule has 0 amide bonds. The Morgan fingerprint density at radius 3 is 2.67 bits per heavy atom. The minimum atomic E-state index is 0.548. The van der Waals surface area contributed by atoms with Crippen LogP contribution in [0.3, 0.4) is 0 Å². The maximum atomic E-state index is 4.87. The highest BCUT2D eigenvalue weighted by atomic mass is 16.6. The van der Waals surface area contributed by atoms with Gasteiger partial charge in [0.2, 0.25) is 0 Å². The van der Waals surface area contributed by atoms with Gasteiger partial charge in [0.05, 0.1) is 6.61 Å². The van der Waals surface area contributed by atoms with E-state index in [4.69, 9.17) is 5.90 Å². The molecule has 0 bridgehead atoms. The Balaban J connectivity index is 2.16. The number of rotatable bonds is 5. The Morgan fingerprint density at radius 2 is 2.00 bits per heavy atom. The van der Waals surface area contributed by atoms with Crippen molar-refractivity contribution in [3.05, 3.63) is 35.9 Å². The molecule has 0 spiro atoms. The lowest BCUT2D eigenvalue weighted by atomic mass is 10.2. The molecule has 1 rings (SSSR count). The molecule has 3 N–H and O–H groups in total. The first kappa shape index (κ1) is 9.19. The van der Waals surface area contributed by atoms with E-state index in [1.54, 1.807) is 0 Å². The highest BCUT2D eigenvalue weighted by molar-refractivity contribution is 5.14. The van der Waals surface area contributed by atoms with Crippen LogP contribution in [-0.2, 0) is 11.4 Å². The van der Waals surface area contributed by atoms with Crippen LogP contribution >= 0.6 is 0 Å². The molecular weight excluding hydrogens is 152 g/mol. The van der Waals surface area contributed by atoms with Crippen LogP contribution in [0.5, 0.6) is 0 Å². The first-order valence-corrected chi connectivity index (χ1v) is 4.00. The maximum Gasteiger partial charge on any atom is 0.0803 e. The molecule has 0 heterocycles. The van der Waals surface area contributed by atoms with E-state index in [1.807, 2.05) is 18.2 Å². The second-order valence-electron chi connectivity index (χ2n) is 2.53. The summed E-state index contributed by atoms with van der Waals surface area (Å²) in [5, 5.41) is 3.20. The van der Waals surface area contributed by atoms with Crippen LogP contribution < -0.4 is 11.2 Å². The zero-order valence-corrected chi connectivity index (χ0v) is 6.99. The van der Waals surface area contributed by atoms with Gasteiger partial charge in [-0.25, -0.2) is 5.90 Å². The van der Waals surface area contributed by atoms with Crippen LogP contribution in [0, 0.1) is 0 Å². The number of nitrogens with one attached hydrogen (secondary N) is 1. The van der Waals surface area contributed by atoms with Crippen LogP contribution in [0.2, 0.25) is 0 Å².